The van der Waals surface area contributed by atoms with Crippen LogP contribution >= 0.6 is 0 Å². The summed E-state index contributed by atoms with van der Waals surface area (Å²) in [5.41, 5.74) is 9.86. The van der Waals surface area contributed by atoms with Gasteiger partial charge in [0.25, 0.3) is 0 Å². The Balaban J connectivity index is 0.985. The van der Waals surface area contributed by atoms with E-state index in [1.807, 2.05) is 97.1 Å². The van der Waals surface area contributed by atoms with Crippen molar-refractivity contribution in [2.75, 3.05) is 0 Å². The number of hydrogen-bond donors (Lipinski definition) is 0. The zero-order valence-corrected chi connectivity index (χ0v) is 34.8. The van der Waals surface area contributed by atoms with Crippen molar-refractivity contribution >= 4 is 54.6 Å². The minimum atomic E-state index is -0.530. The summed E-state index contributed by atoms with van der Waals surface area (Å²) < 4.78 is 92.2. The van der Waals surface area contributed by atoms with Crippen LogP contribution in [0.1, 0.15) is 12.3 Å². The van der Waals surface area contributed by atoms with Gasteiger partial charge in [-0.1, -0.05) is 188 Å². The van der Waals surface area contributed by atoms with Gasteiger partial charge >= 0.3 is 0 Å². The third-order valence-corrected chi connectivity index (χ3v) is 12.1. The molecule has 0 bridgehead atoms. The van der Waals surface area contributed by atoms with Crippen LogP contribution in [0.3, 0.4) is 0 Å². The first kappa shape index (κ1) is 29.4. The number of furan rings is 2. The number of nitrogens with zero attached hydrogens (tertiary/aromatic N) is 3. The van der Waals surface area contributed by atoms with Crippen LogP contribution in [0.2, 0.25) is 0 Å². The standard InChI is InChI=1S/C61H37N3O2/c1-4-14-38(15-5-1)40-24-28-43(29-25-40)59-62-60(44-30-26-42(27-31-44)51-37-54-48-21-12-13-23-55(48)65-57(54)50-22-11-10-20-47(50)51)64-61(63-59)45-32-33-49-53-35-46(39-16-6-2-7-17-39)34-52(41-18-8-3-9-19-41)58(53)66-56(49)36-45/h1-37H/i10D,11D,12D,13D,20D,21D,22D,23D,37D. The van der Waals surface area contributed by atoms with E-state index in [9.17, 15) is 1.37 Å². The summed E-state index contributed by atoms with van der Waals surface area (Å²) in [5.74, 6) is 1.14. The smallest absolute Gasteiger partial charge is 0.164 e. The molecule has 0 aliphatic rings. The molecule has 0 amide bonds. The summed E-state index contributed by atoms with van der Waals surface area (Å²) in [6.45, 7) is 0. The molecule has 0 aliphatic carbocycles. The molecule has 0 spiro atoms. The van der Waals surface area contributed by atoms with Crippen LogP contribution in [0.25, 0.3) is 133 Å². The zero-order valence-electron chi connectivity index (χ0n) is 43.8. The third-order valence-electron chi connectivity index (χ3n) is 12.1. The zero-order chi connectivity index (χ0) is 51.4. The van der Waals surface area contributed by atoms with Crippen molar-refractivity contribution in [1.82, 2.24) is 15.0 Å². The van der Waals surface area contributed by atoms with Gasteiger partial charge in [-0.05, 0) is 80.7 Å². The van der Waals surface area contributed by atoms with Crippen molar-refractivity contribution in [1.29, 1.82) is 0 Å². The molecule has 0 saturated heterocycles. The molecule has 308 valence electrons. The highest BCUT2D eigenvalue weighted by molar-refractivity contribution is 6.19. The van der Waals surface area contributed by atoms with Gasteiger partial charge < -0.3 is 8.83 Å². The van der Waals surface area contributed by atoms with Gasteiger partial charge in [0.1, 0.15) is 22.3 Å². The Bertz CT molecular complexity index is 4490. The van der Waals surface area contributed by atoms with E-state index >= 15 is 0 Å². The van der Waals surface area contributed by atoms with E-state index in [0.717, 1.165) is 55.3 Å². The largest absolute Gasteiger partial charge is 0.455 e. The fourth-order valence-electron chi connectivity index (χ4n) is 8.83. The maximum absolute atomic E-state index is 9.67. The van der Waals surface area contributed by atoms with Crippen LogP contribution in [-0.4, -0.2) is 15.0 Å². The van der Waals surface area contributed by atoms with Crippen LogP contribution in [0.4, 0.5) is 0 Å². The van der Waals surface area contributed by atoms with Crippen molar-refractivity contribution in [3.63, 3.8) is 0 Å². The summed E-state index contributed by atoms with van der Waals surface area (Å²) in [4.78, 5) is 15.2. The molecule has 66 heavy (non-hydrogen) atoms. The fourth-order valence-corrected chi connectivity index (χ4v) is 8.83. The van der Waals surface area contributed by atoms with Gasteiger partial charge in [-0.2, -0.15) is 0 Å². The molecule has 0 radical (unpaired) electrons. The fraction of sp³-hybridized carbons (Fsp3) is 0. The molecular formula is C61H37N3O2. The van der Waals surface area contributed by atoms with Crippen molar-refractivity contribution < 1.29 is 21.2 Å². The third kappa shape index (κ3) is 6.44. The van der Waals surface area contributed by atoms with E-state index in [2.05, 4.69) is 48.5 Å². The lowest BCUT2D eigenvalue weighted by atomic mass is 9.95. The van der Waals surface area contributed by atoms with Crippen LogP contribution in [0.5, 0.6) is 0 Å². The molecule has 0 fully saturated rings. The number of benzene rings is 10. The molecular weight excluding hydrogens is 807 g/mol. The molecule has 5 nitrogen and oxygen atoms in total. The highest BCUT2D eigenvalue weighted by atomic mass is 16.3. The Morgan fingerprint density at radius 3 is 1.45 bits per heavy atom. The van der Waals surface area contributed by atoms with Crippen molar-refractivity contribution in [2.45, 2.75) is 0 Å². The normalized spacial score (nSPS) is 13.5. The van der Waals surface area contributed by atoms with Gasteiger partial charge in [-0.15, -0.1) is 0 Å². The maximum Gasteiger partial charge on any atom is 0.164 e. The molecule has 3 heterocycles. The Morgan fingerprint density at radius 2 is 0.788 bits per heavy atom. The van der Waals surface area contributed by atoms with Gasteiger partial charge in [0.15, 0.2) is 17.5 Å². The Morgan fingerprint density at radius 1 is 0.303 bits per heavy atom. The number of para-hydroxylation sites is 1. The summed E-state index contributed by atoms with van der Waals surface area (Å²) in [6.07, 6.45) is 0. The Hall–Kier alpha value is -8.93. The maximum atomic E-state index is 9.67. The van der Waals surface area contributed by atoms with E-state index in [-0.39, 0.29) is 44.3 Å². The van der Waals surface area contributed by atoms with E-state index in [4.69, 9.17) is 34.8 Å². The van der Waals surface area contributed by atoms with Gasteiger partial charge in [-0.25, -0.2) is 15.0 Å². The number of hydrogen-bond acceptors (Lipinski definition) is 5. The Kier molecular flexibility index (Phi) is 6.87. The molecule has 5 heteroatoms. The van der Waals surface area contributed by atoms with E-state index in [0.29, 0.717) is 39.7 Å². The summed E-state index contributed by atoms with van der Waals surface area (Å²) in [6, 6.07) is 51.8. The average molecular weight is 853 g/mol. The van der Waals surface area contributed by atoms with Crippen LogP contribution in [-0.2, 0) is 0 Å². The second kappa shape index (κ2) is 15.4. The Labute approximate surface area is 392 Å². The van der Waals surface area contributed by atoms with Gasteiger partial charge in [0.2, 0.25) is 0 Å². The van der Waals surface area contributed by atoms with Crippen LogP contribution in [0.15, 0.2) is 233 Å². The predicted octanol–water partition coefficient (Wildman–Crippen LogP) is 16.5. The second-order valence-corrected chi connectivity index (χ2v) is 16.0. The van der Waals surface area contributed by atoms with E-state index in [1.54, 1.807) is 24.3 Å². The molecule has 0 N–H and O–H groups in total. The average Bonchev–Trinajstić information content (AvgIpc) is 4.07. The van der Waals surface area contributed by atoms with Crippen molar-refractivity contribution in [2.24, 2.45) is 0 Å². The lowest BCUT2D eigenvalue weighted by molar-refractivity contribution is 0.670. The molecule has 13 rings (SSSR count). The topological polar surface area (TPSA) is 65.0 Å². The van der Waals surface area contributed by atoms with E-state index < -0.39 is 48.3 Å². The molecule has 0 aliphatic heterocycles. The van der Waals surface area contributed by atoms with Gasteiger partial charge in [0, 0.05) is 49.2 Å². The number of rotatable bonds is 7. The SMILES string of the molecule is [2H]c1c([2H])c([2H])c2c(oc3c4c([2H])c([2H])c([2H])c([2H])c4c(-c4ccc(-c5nc(-c6ccc(-c7ccccc7)cc6)nc(-c6ccc7c(c6)oc6c(-c8ccccc8)cc(-c8ccccc8)cc67)n5)cc4)c([2H])c32)c1[2H]. The lowest BCUT2D eigenvalue weighted by Gasteiger charge is -2.11. The molecule has 3 aromatic heterocycles. The number of fused-ring (bicyclic) bond motifs is 8. The van der Waals surface area contributed by atoms with Crippen molar-refractivity contribution in [3.8, 4) is 78.7 Å². The number of aromatic nitrogens is 3. The predicted molar refractivity (Wildman–Crippen MR) is 270 cm³/mol. The van der Waals surface area contributed by atoms with E-state index in [1.165, 1.54) is 0 Å². The molecule has 10 aromatic carbocycles. The van der Waals surface area contributed by atoms with Gasteiger partial charge in [-0.3, -0.25) is 0 Å². The molecule has 0 saturated carbocycles. The first-order chi connectivity index (χ1) is 36.4. The summed E-state index contributed by atoms with van der Waals surface area (Å²) >= 11 is 0. The highest BCUT2D eigenvalue weighted by Gasteiger charge is 2.19. The van der Waals surface area contributed by atoms with Crippen molar-refractivity contribution in [3.05, 3.63) is 224 Å². The molecule has 0 atom stereocenters. The highest BCUT2D eigenvalue weighted by Crippen LogP contribution is 2.42. The molecule has 0 unspecified atom stereocenters. The first-order valence-electron chi connectivity index (χ1n) is 25.9. The molecule has 13 aromatic rings. The second-order valence-electron chi connectivity index (χ2n) is 16.0. The lowest BCUT2D eigenvalue weighted by Crippen LogP contribution is -2.00. The monoisotopic (exact) mass is 852 g/mol. The first-order valence-corrected chi connectivity index (χ1v) is 21.4. The quantitative estimate of drug-likeness (QED) is 0.160. The summed E-state index contributed by atoms with van der Waals surface area (Å²) in [5, 5.41) is 1.82. The minimum Gasteiger partial charge on any atom is -0.455 e. The van der Waals surface area contributed by atoms with Crippen LogP contribution in [0, 0.1) is 0 Å². The summed E-state index contributed by atoms with van der Waals surface area (Å²) in [7, 11) is 0. The van der Waals surface area contributed by atoms with Gasteiger partial charge in [0.05, 0.1) is 12.3 Å². The van der Waals surface area contributed by atoms with Crippen LogP contribution < -0.4 is 0 Å². The minimum absolute atomic E-state index is 0.00740.